The fourth-order valence-corrected chi connectivity index (χ4v) is 2.77. The third kappa shape index (κ3) is 5.00. The molecule has 5 heteroatoms. The molecule has 1 N–H and O–H groups in total. The van der Waals surface area contributed by atoms with Crippen LogP contribution in [0.5, 0.6) is 0 Å². The van der Waals surface area contributed by atoms with Crippen molar-refractivity contribution in [3.05, 3.63) is 11.3 Å². The highest BCUT2D eigenvalue weighted by Gasteiger charge is 2.20. The van der Waals surface area contributed by atoms with Crippen LogP contribution in [0, 0.1) is 12.8 Å². The Morgan fingerprint density at radius 1 is 1.33 bits per heavy atom. The minimum absolute atomic E-state index is 0.498. The van der Waals surface area contributed by atoms with Crippen LogP contribution in [0.4, 0.5) is 5.82 Å². The van der Waals surface area contributed by atoms with Crippen molar-refractivity contribution in [3.8, 4) is 0 Å². The summed E-state index contributed by atoms with van der Waals surface area (Å²) in [6.07, 6.45) is 1.18. The molecule has 0 radical (unpaired) electrons. The second-order valence-corrected chi connectivity index (χ2v) is 6.27. The first-order chi connectivity index (χ1) is 9.88. The molecular formula is C16H32N4O. The van der Waals surface area contributed by atoms with Gasteiger partial charge in [-0.25, -0.2) is 0 Å². The van der Waals surface area contributed by atoms with E-state index in [1.165, 1.54) is 17.8 Å². The van der Waals surface area contributed by atoms with Gasteiger partial charge in [-0.1, -0.05) is 13.8 Å². The number of ether oxygens (including phenoxy) is 1. The number of nitrogens with zero attached hydrogens (tertiary/aromatic N) is 3. The number of aromatic nitrogens is 2. The van der Waals surface area contributed by atoms with Gasteiger partial charge in [0.05, 0.1) is 12.3 Å². The van der Waals surface area contributed by atoms with E-state index in [-0.39, 0.29) is 0 Å². The van der Waals surface area contributed by atoms with Gasteiger partial charge in [0, 0.05) is 45.9 Å². The number of nitrogens with one attached hydrogen (secondary N) is 1. The molecule has 1 heterocycles. The molecule has 0 aliphatic heterocycles. The highest BCUT2D eigenvalue weighted by atomic mass is 16.5. The normalized spacial score (nSPS) is 13.0. The summed E-state index contributed by atoms with van der Waals surface area (Å²) in [6.45, 7) is 11.3. The molecule has 0 aliphatic rings. The molecule has 0 amide bonds. The van der Waals surface area contributed by atoms with Crippen LogP contribution >= 0.6 is 0 Å². The SMILES string of the molecule is COCCNCc1c(C)nn(C)c1N(C)C(C)CC(C)C. The molecule has 0 aliphatic carbocycles. The summed E-state index contributed by atoms with van der Waals surface area (Å²) in [4.78, 5) is 2.35. The zero-order chi connectivity index (χ0) is 16.0. The van der Waals surface area contributed by atoms with Gasteiger partial charge in [-0.3, -0.25) is 4.68 Å². The number of hydrogen-bond acceptors (Lipinski definition) is 4. The van der Waals surface area contributed by atoms with E-state index in [4.69, 9.17) is 4.74 Å². The summed E-state index contributed by atoms with van der Waals surface area (Å²) in [7, 11) is 5.92. The molecule has 1 unspecified atom stereocenters. The summed E-state index contributed by atoms with van der Waals surface area (Å²) < 4.78 is 7.08. The van der Waals surface area contributed by atoms with Gasteiger partial charge in [0.2, 0.25) is 0 Å². The predicted molar refractivity (Wildman–Crippen MR) is 88.8 cm³/mol. The smallest absolute Gasteiger partial charge is 0.131 e. The number of aryl methyl sites for hydroxylation is 2. The summed E-state index contributed by atoms with van der Waals surface area (Å²) >= 11 is 0. The zero-order valence-electron chi connectivity index (χ0n) is 14.7. The molecule has 0 saturated heterocycles. The molecule has 1 rings (SSSR count). The maximum Gasteiger partial charge on any atom is 0.131 e. The van der Waals surface area contributed by atoms with Gasteiger partial charge in [0.15, 0.2) is 0 Å². The Labute approximate surface area is 129 Å². The minimum atomic E-state index is 0.498. The highest BCUT2D eigenvalue weighted by molar-refractivity contribution is 5.50. The Bertz CT molecular complexity index is 428. The third-order valence-electron chi connectivity index (χ3n) is 3.91. The van der Waals surface area contributed by atoms with Crippen molar-refractivity contribution in [1.29, 1.82) is 0 Å². The van der Waals surface area contributed by atoms with Crippen molar-refractivity contribution in [3.63, 3.8) is 0 Å². The van der Waals surface area contributed by atoms with Gasteiger partial charge in [-0.05, 0) is 26.2 Å². The molecule has 0 aromatic carbocycles. The largest absolute Gasteiger partial charge is 0.383 e. The van der Waals surface area contributed by atoms with Crippen LogP contribution in [0.1, 0.15) is 38.4 Å². The molecule has 5 nitrogen and oxygen atoms in total. The number of methoxy groups -OCH3 is 1. The summed E-state index contributed by atoms with van der Waals surface area (Å²) in [5, 5.41) is 8.02. The lowest BCUT2D eigenvalue weighted by Crippen LogP contribution is -2.33. The van der Waals surface area contributed by atoms with E-state index in [1.807, 2.05) is 11.7 Å². The van der Waals surface area contributed by atoms with Crippen molar-refractivity contribution in [2.75, 3.05) is 32.2 Å². The Kier molecular flexibility index (Phi) is 7.18. The van der Waals surface area contributed by atoms with Crippen LogP contribution in [0.2, 0.25) is 0 Å². The van der Waals surface area contributed by atoms with Crippen LogP contribution in [-0.2, 0) is 18.3 Å². The Morgan fingerprint density at radius 3 is 2.57 bits per heavy atom. The van der Waals surface area contributed by atoms with Gasteiger partial charge in [0.1, 0.15) is 5.82 Å². The van der Waals surface area contributed by atoms with Crippen LogP contribution in [-0.4, -0.2) is 43.1 Å². The fourth-order valence-electron chi connectivity index (χ4n) is 2.77. The molecule has 1 aromatic rings. The van der Waals surface area contributed by atoms with Crippen molar-refractivity contribution < 1.29 is 4.74 Å². The quantitative estimate of drug-likeness (QED) is 0.710. The van der Waals surface area contributed by atoms with Crippen LogP contribution < -0.4 is 10.2 Å². The fraction of sp³-hybridized carbons (Fsp3) is 0.812. The lowest BCUT2D eigenvalue weighted by atomic mass is 10.0. The van der Waals surface area contributed by atoms with Gasteiger partial charge >= 0.3 is 0 Å². The maximum atomic E-state index is 5.08. The first-order valence-electron chi connectivity index (χ1n) is 7.83. The number of hydrogen-bond donors (Lipinski definition) is 1. The summed E-state index contributed by atoms with van der Waals surface area (Å²) in [6, 6.07) is 0.498. The first-order valence-corrected chi connectivity index (χ1v) is 7.83. The lowest BCUT2D eigenvalue weighted by molar-refractivity contribution is 0.199. The van der Waals surface area contributed by atoms with Crippen LogP contribution in [0.25, 0.3) is 0 Å². The van der Waals surface area contributed by atoms with Crippen molar-refractivity contribution in [1.82, 2.24) is 15.1 Å². The molecular weight excluding hydrogens is 264 g/mol. The van der Waals surface area contributed by atoms with Crippen molar-refractivity contribution in [2.24, 2.45) is 13.0 Å². The van der Waals surface area contributed by atoms with Crippen molar-refractivity contribution in [2.45, 2.75) is 46.7 Å². The molecule has 0 spiro atoms. The highest BCUT2D eigenvalue weighted by Crippen LogP contribution is 2.25. The Balaban J connectivity index is 2.84. The molecule has 0 bridgehead atoms. The minimum Gasteiger partial charge on any atom is -0.383 e. The number of rotatable bonds is 9. The molecule has 21 heavy (non-hydrogen) atoms. The second kappa shape index (κ2) is 8.39. The molecule has 1 aromatic heterocycles. The lowest BCUT2D eigenvalue weighted by Gasteiger charge is -2.29. The maximum absolute atomic E-state index is 5.08. The van der Waals surface area contributed by atoms with E-state index in [0.29, 0.717) is 12.0 Å². The monoisotopic (exact) mass is 296 g/mol. The topological polar surface area (TPSA) is 42.3 Å². The molecule has 0 saturated carbocycles. The molecule has 0 fully saturated rings. The third-order valence-corrected chi connectivity index (χ3v) is 3.91. The van der Waals surface area contributed by atoms with E-state index >= 15 is 0 Å². The van der Waals surface area contributed by atoms with E-state index in [9.17, 15) is 0 Å². The van der Waals surface area contributed by atoms with Gasteiger partial charge in [-0.15, -0.1) is 0 Å². The van der Waals surface area contributed by atoms with E-state index in [2.05, 4.69) is 50.1 Å². The van der Waals surface area contributed by atoms with E-state index in [0.717, 1.165) is 25.4 Å². The Hall–Kier alpha value is -1.07. The summed E-state index contributed by atoms with van der Waals surface area (Å²) in [5.74, 6) is 1.91. The van der Waals surface area contributed by atoms with E-state index in [1.54, 1.807) is 7.11 Å². The second-order valence-electron chi connectivity index (χ2n) is 6.27. The van der Waals surface area contributed by atoms with Crippen LogP contribution in [0.15, 0.2) is 0 Å². The first kappa shape index (κ1) is 18.0. The average Bonchev–Trinajstić information content (AvgIpc) is 2.67. The zero-order valence-corrected chi connectivity index (χ0v) is 14.7. The predicted octanol–water partition coefficient (Wildman–Crippen LogP) is 2.34. The molecule has 1 atom stereocenters. The standard InChI is InChI=1S/C16H32N4O/c1-12(2)10-13(3)19(5)16-15(11-17-8-9-21-7)14(4)18-20(16)6/h12-13,17H,8-11H2,1-7H3. The van der Waals surface area contributed by atoms with Gasteiger partial charge in [-0.2, -0.15) is 5.10 Å². The van der Waals surface area contributed by atoms with Crippen LogP contribution in [0.3, 0.4) is 0 Å². The van der Waals surface area contributed by atoms with Gasteiger partial charge < -0.3 is 15.0 Å². The average molecular weight is 296 g/mol. The Morgan fingerprint density at radius 2 is 2.00 bits per heavy atom. The van der Waals surface area contributed by atoms with E-state index < -0.39 is 0 Å². The van der Waals surface area contributed by atoms with Crippen molar-refractivity contribution >= 4 is 5.82 Å². The number of anilines is 1. The summed E-state index contributed by atoms with van der Waals surface area (Å²) in [5.41, 5.74) is 2.38. The van der Waals surface area contributed by atoms with Gasteiger partial charge in [0.25, 0.3) is 0 Å². The molecule has 122 valence electrons.